The van der Waals surface area contributed by atoms with Gasteiger partial charge in [0.25, 0.3) is 5.91 Å². The summed E-state index contributed by atoms with van der Waals surface area (Å²) in [7, 11) is 1.71. The van der Waals surface area contributed by atoms with Gasteiger partial charge in [-0.2, -0.15) is 10.2 Å². The summed E-state index contributed by atoms with van der Waals surface area (Å²) < 4.78 is 15.3. The predicted octanol–water partition coefficient (Wildman–Crippen LogP) is 3.50. The van der Waals surface area contributed by atoms with Crippen LogP contribution in [0.2, 0.25) is 0 Å². The summed E-state index contributed by atoms with van der Waals surface area (Å²) in [4.78, 5) is 24.9. The van der Waals surface area contributed by atoms with Gasteiger partial charge in [0.05, 0.1) is 17.8 Å². The Morgan fingerprint density at radius 1 is 1.28 bits per heavy atom. The zero-order chi connectivity index (χ0) is 23.3. The highest BCUT2D eigenvalue weighted by atomic mass is 79.9. The average molecular weight is 509 g/mol. The van der Waals surface area contributed by atoms with Crippen molar-refractivity contribution in [3.05, 3.63) is 28.1 Å². The molecule has 2 aliphatic rings. The number of ether oxygens (including phenoxy) is 2. The van der Waals surface area contributed by atoms with E-state index in [0.29, 0.717) is 34.8 Å². The highest BCUT2D eigenvalue weighted by molar-refractivity contribution is 9.10. The summed E-state index contributed by atoms with van der Waals surface area (Å²) >= 11 is 3.29. The lowest BCUT2D eigenvalue weighted by Gasteiger charge is -2.22. The quantitative estimate of drug-likeness (QED) is 0.638. The normalized spacial score (nSPS) is 21.9. The standard InChI is InChI=1S/C21H29BrN6O4/c1-20(2,3)28-17(23-18(29)14-10-16(22)26-27(14)5)9-13(25-28)15-8-12(11-31-15)32-19(30)24-21(4)6-7-21/h9-10,12,15H,6-8,11H2,1-5H3,(H,23,29)(H,24,30). The Hall–Kier alpha value is -2.40. The van der Waals surface area contributed by atoms with Gasteiger partial charge in [0, 0.05) is 31.1 Å². The third-order valence-electron chi connectivity index (χ3n) is 5.66. The van der Waals surface area contributed by atoms with E-state index in [1.165, 1.54) is 4.68 Å². The van der Waals surface area contributed by atoms with Gasteiger partial charge in [0.2, 0.25) is 0 Å². The first-order valence-electron chi connectivity index (χ1n) is 10.7. The van der Waals surface area contributed by atoms with Crippen molar-refractivity contribution in [1.82, 2.24) is 24.9 Å². The minimum absolute atomic E-state index is 0.127. The predicted molar refractivity (Wildman–Crippen MR) is 120 cm³/mol. The molecule has 11 heteroatoms. The van der Waals surface area contributed by atoms with E-state index in [4.69, 9.17) is 14.6 Å². The zero-order valence-corrected chi connectivity index (χ0v) is 20.5. The Balaban J connectivity index is 1.46. The molecule has 2 aromatic rings. The summed E-state index contributed by atoms with van der Waals surface area (Å²) in [5.41, 5.74) is 0.600. The summed E-state index contributed by atoms with van der Waals surface area (Å²) in [6.45, 7) is 8.32. The van der Waals surface area contributed by atoms with E-state index in [-0.39, 0.29) is 29.2 Å². The molecule has 4 rings (SSSR count). The molecule has 0 aromatic carbocycles. The number of nitrogens with zero attached hydrogens (tertiary/aromatic N) is 4. The number of carbonyl (C=O) groups excluding carboxylic acids is 2. The van der Waals surface area contributed by atoms with E-state index in [2.05, 4.69) is 31.7 Å². The van der Waals surface area contributed by atoms with Crippen LogP contribution in [0.5, 0.6) is 0 Å². The number of hydrogen-bond acceptors (Lipinski definition) is 6. The molecule has 2 N–H and O–H groups in total. The second-order valence-corrected chi connectivity index (χ2v) is 10.6. The first kappa shape index (κ1) is 22.8. The molecule has 2 atom stereocenters. The van der Waals surface area contributed by atoms with Crippen molar-refractivity contribution >= 4 is 33.7 Å². The van der Waals surface area contributed by atoms with E-state index in [1.807, 2.05) is 33.8 Å². The van der Waals surface area contributed by atoms with Crippen LogP contribution in [-0.4, -0.2) is 49.8 Å². The molecule has 0 spiro atoms. The van der Waals surface area contributed by atoms with Crippen molar-refractivity contribution in [3.8, 4) is 0 Å². The van der Waals surface area contributed by atoms with Gasteiger partial charge in [-0.05, 0) is 56.5 Å². The number of aromatic nitrogens is 4. The van der Waals surface area contributed by atoms with Crippen LogP contribution in [-0.2, 0) is 22.1 Å². The van der Waals surface area contributed by atoms with Crippen molar-refractivity contribution in [2.45, 2.75) is 70.2 Å². The topological polar surface area (TPSA) is 112 Å². The molecule has 2 unspecified atom stereocenters. The number of nitrogens with one attached hydrogen (secondary N) is 2. The number of amides is 2. The molecule has 2 fully saturated rings. The number of carbonyl (C=O) groups is 2. The molecule has 2 aromatic heterocycles. The molecule has 0 bridgehead atoms. The maximum atomic E-state index is 12.8. The number of anilines is 1. The van der Waals surface area contributed by atoms with E-state index in [0.717, 1.165) is 12.8 Å². The first-order valence-corrected chi connectivity index (χ1v) is 11.4. The third kappa shape index (κ3) is 4.98. The smallest absolute Gasteiger partial charge is 0.407 e. The van der Waals surface area contributed by atoms with Gasteiger partial charge in [0.15, 0.2) is 0 Å². The molecular weight excluding hydrogens is 480 g/mol. The summed E-state index contributed by atoms with van der Waals surface area (Å²) in [5.74, 6) is 0.267. The van der Waals surface area contributed by atoms with E-state index < -0.39 is 6.09 Å². The number of halogens is 1. The molecule has 1 aliphatic carbocycles. The van der Waals surface area contributed by atoms with E-state index in [9.17, 15) is 9.59 Å². The Labute approximate surface area is 195 Å². The summed E-state index contributed by atoms with van der Waals surface area (Å²) in [6.07, 6.45) is 1.38. The van der Waals surface area contributed by atoms with Gasteiger partial charge in [-0.1, -0.05) is 0 Å². The van der Waals surface area contributed by atoms with Gasteiger partial charge < -0.3 is 20.1 Å². The van der Waals surface area contributed by atoms with E-state index in [1.54, 1.807) is 17.8 Å². The van der Waals surface area contributed by atoms with Crippen molar-refractivity contribution in [3.63, 3.8) is 0 Å². The highest BCUT2D eigenvalue weighted by Crippen LogP contribution is 2.35. The molecule has 0 radical (unpaired) electrons. The number of rotatable bonds is 5. The SMILES string of the molecule is Cn1nc(Br)cc1C(=O)Nc1cc(C2CC(OC(=O)NC3(C)CC3)CO2)nn1C(C)(C)C. The zero-order valence-electron chi connectivity index (χ0n) is 18.9. The van der Waals surface area contributed by atoms with Crippen molar-refractivity contribution in [2.75, 3.05) is 11.9 Å². The Morgan fingerprint density at radius 2 is 2.00 bits per heavy atom. The number of aryl methyl sites for hydroxylation is 1. The molecule has 174 valence electrons. The van der Waals surface area contributed by atoms with Crippen LogP contribution in [0.4, 0.5) is 10.6 Å². The molecule has 32 heavy (non-hydrogen) atoms. The molecule has 2 amide bonds. The highest BCUT2D eigenvalue weighted by Gasteiger charge is 2.40. The lowest BCUT2D eigenvalue weighted by atomic mass is 10.1. The van der Waals surface area contributed by atoms with Crippen molar-refractivity contribution in [1.29, 1.82) is 0 Å². The van der Waals surface area contributed by atoms with Crippen LogP contribution in [0, 0.1) is 0 Å². The van der Waals surface area contributed by atoms with Crippen molar-refractivity contribution in [2.24, 2.45) is 7.05 Å². The minimum Gasteiger partial charge on any atom is -0.444 e. The van der Waals surface area contributed by atoms with Crippen LogP contribution in [0.1, 0.15) is 69.2 Å². The Bertz CT molecular complexity index is 1040. The fraction of sp³-hybridized carbons (Fsp3) is 0.619. The van der Waals surface area contributed by atoms with Gasteiger partial charge in [-0.25, -0.2) is 9.48 Å². The first-order chi connectivity index (χ1) is 14.9. The molecule has 10 nitrogen and oxygen atoms in total. The maximum Gasteiger partial charge on any atom is 0.407 e. The van der Waals surface area contributed by atoms with Crippen LogP contribution in [0.15, 0.2) is 16.7 Å². The van der Waals surface area contributed by atoms with Crippen LogP contribution in [0.25, 0.3) is 0 Å². The van der Waals surface area contributed by atoms with Gasteiger partial charge in [0.1, 0.15) is 28.3 Å². The average Bonchev–Trinajstić information content (AvgIpc) is 3.05. The van der Waals surface area contributed by atoms with Gasteiger partial charge in [-0.15, -0.1) is 0 Å². The molecule has 3 heterocycles. The fourth-order valence-corrected chi connectivity index (χ4v) is 4.06. The maximum absolute atomic E-state index is 12.8. The summed E-state index contributed by atoms with van der Waals surface area (Å²) in [6, 6.07) is 3.47. The second-order valence-electron chi connectivity index (χ2n) is 9.74. The van der Waals surface area contributed by atoms with Crippen molar-refractivity contribution < 1.29 is 19.1 Å². The lowest BCUT2D eigenvalue weighted by Crippen LogP contribution is -2.37. The molecule has 1 aliphatic heterocycles. The number of alkyl carbamates (subject to hydrolysis) is 1. The van der Waals surface area contributed by atoms with Crippen LogP contribution < -0.4 is 10.6 Å². The minimum atomic E-state index is -0.408. The largest absolute Gasteiger partial charge is 0.444 e. The van der Waals surface area contributed by atoms with Gasteiger partial charge >= 0.3 is 6.09 Å². The van der Waals surface area contributed by atoms with Crippen LogP contribution >= 0.6 is 15.9 Å². The summed E-state index contributed by atoms with van der Waals surface area (Å²) in [5, 5.41) is 14.7. The van der Waals surface area contributed by atoms with E-state index >= 15 is 0 Å². The fourth-order valence-electron chi connectivity index (χ4n) is 3.61. The van der Waals surface area contributed by atoms with Crippen LogP contribution in [0.3, 0.4) is 0 Å². The molecular formula is C21H29BrN6O4. The second kappa shape index (κ2) is 8.18. The third-order valence-corrected chi connectivity index (χ3v) is 6.04. The lowest BCUT2D eigenvalue weighted by molar-refractivity contribution is 0.0672. The monoisotopic (exact) mass is 508 g/mol. The molecule has 1 saturated carbocycles. The van der Waals surface area contributed by atoms with Gasteiger partial charge in [-0.3, -0.25) is 9.48 Å². The molecule has 1 saturated heterocycles. The number of hydrogen-bond donors (Lipinski definition) is 2. The Morgan fingerprint density at radius 3 is 2.59 bits per heavy atom. The Kier molecular flexibility index (Phi) is 5.83.